The molecule has 0 aliphatic carbocycles. The topological polar surface area (TPSA) is 59.8 Å². The number of aromatic nitrogens is 3. The highest BCUT2D eigenvalue weighted by molar-refractivity contribution is 5.97. The number of rotatable bonds is 4. The standard InChI is InChI=1S/C17H17FN4O/c1-11-15-9-13(10-20-16(15)22(2)21-11)17(23)19-8-7-12-3-5-14(18)6-4-12/h3-6,9-10H,7-8H2,1-2H3,(H,19,23). The van der Waals surface area contributed by atoms with E-state index in [0.29, 0.717) is 18.5 Å². The van der Waals surface area contributed by atoms with Crippen LogP contribution in [0.4, 0.5) is 4.39 Å². The molecule has 23 heavy (non-hydrogen) atoms. The second-order valence-electron chi connectivity index (χ2n) is 5.44. The normalized spacial score (nSPS) is 10.9. The predicted molar refractivity (Wildman–Crippen MR) is 85.7 cm³/mol. The van der Waals surface area contributed by atoms with E-state index in [-0.39, 0.29) is 11.7 Å². The molecule has 0 saturated carbocycles. The van der Waals surface area contributed by atoms with Gasteiger partial charge >= 0.3 is 0 Å². The zero-order valence-electron chi connectivity index (χ0n) is 13.0. The van der Waals surface area contributed by atoms with Crippen molar-refractivity contribution in [2.24, 2.45) is 7.05 Å². The Balaban J connectivity index is 1.66. The van der Waals surface area contributed by atoms with Crippen LogP contribution in [0.3, 0.4) is 0 Å². The van der Waals surface area contributed by atoms with Gasteiger partial charge in [-0.2, -0.15) is 5.10 Å². The van der Waals surface area contributed by atoms with Gasteiger partial charge in [0.1, 0.15) is 5.82 Å². The average molecular weight is 312 g/mol. The van der Waals surface area contributed by atoms with E-state index in [1.165, 1.54) is 12.1 Å². The first-order valence-electron chi connectivity index (χ1n) is 7.36. The molecule has 2 heterocycles. The third-order valence-corrected chi connectivity index (χ3v) is 3.74. The molecule has 0 aliphatic heterocycles. The van der Waals surface area contributed by atoms with Crippen LogP contribution in [0, 0.1) is 12.7 Å². The Morgan fingerprint density at radius 2 is 2.04 bits per heavy atom. The van der Waals surface area contributed by atoms with Crippen LogP contribution in [0.5, 0.6) is 0 Å². The number of fused-ring (bicyclic) bond motifs is 1. The van der Waals surface area contributed by atoms with Crippen LogP contribution in [-0.4, -0.2) is 27.2 Å². The van der Waals surface area contributed by atoms with Crippen LogP contribution in [-0.2, 0) is 13.5 Å². The lowest BCUT2D eigenvalue weighted by atomic mass is 10.1. The highest BCUT2D eigenvalue weighted by atomic mass is 19.1. The van der Waals surface area contributed by atoms with Crippen molar-refractivity contribution in [3.05, 3.63) is 59.2 Å². The number of pyridine rings is 1. The maximum atomic E-state index is 12.8. The predicted octanol–water partition coefficient (Wildman–Crippen LogP) is 2.39. The quantitative estimate of drug-likeness (QED) is 0.804. The molecule has 0 fully saturated rings. The highest BCUT2D eigenvalue weighted by Gasteiger charge is 2.11. The van der Waals surface area contributed by atoms with Crippen LogP contribution in [0.25, 0.3) is 11.0 Å². The number of amides is 1. The molecule has 0 unspecified atom stereocenters. The monoisotopic (exact) mass is 312 g/mol. The van der Waals surface area contributed by atoms with E-state index >= 15 is 0 Å². The van der Waals surface area contributed by atoms with Crippen molar-refractivity contribution in [1.29, 1.82) is 0 Å². The molecule has 6 heteroatoms. The maximum absolute atomic E-state index is 12.8. The Hall–Kier alpha value is -2.76. The minimum absolute atomic E-state index is 0.176. The molecule has 1 N–H and O–H groups in total. The Bertz CT molecular complexity index is 855. The second kappa shape index (κ2) is 6.16. The number of carbonyl (C=O) groups excluding carboxylic acids is 1. The van der Waals surface area contributed by atoms with Crippen molar-refractivity contribution in [2.75, 3.05) is 6.54 Å². The van der Waals surface area contributed by atoms with Crippen LogP contribution >= 0.6 is 0 Å². The molecule has 118 valence electrons. The molecular formula is C17H17FN4O. The summed E-state index contributed by atoms with van der Waals surface area (Å²) in [5, 5.41) is 8.02. The summed E-state index contributed by atoms with van der Waals surface area (Å²) in [6.07, 6.45) is 2.20. The molecule has 2 aromatic heterocycles. The van der Waals surface area contributed by atoms with Gasteiger partial charge in [-0.25, -0.2) is 9.37 Å². The number of carbonyl (C=O) groups is 1. The summed E-state index contributed by atoms with van der Waals surface area (Å²) in [7, 11) is 1.82. The lowest BCUT2D eigenvalue weighted by molar-refractivity contribution is 0.0954. The van der Waals surface area contributed by atoms with Gasteiger partial charge in [0.05, 0.1) is 11.3 Å². The van der Waals surface area contributed by atoms with E-state index in [4.69, 9.17) is 0 Å². The Morgan fingerprint density at radius 3 is 2.78 bits per heavy atom. The van der Waals surface area contributed by atoms with E-state index in [1.807, 2.05) is 14.0 Å². The third kappa shape index (κ3) is 3.21. The zero-order chi connectivity index (χ0) is 16.4. The maximum Gasteiger partial charge on any atom is 0.252 e. The third-order valence-electron chi connectivity index (χ3n) is 3.74. The average Bonchev–Trinajstić information content (AvgIpc) is 2.83. The number of nitrogens with one attached hydrogen (secondary N) is 1. The molecule has 1 aromatic carbocycles. The SMILES string of the molecule is Cc1nn(C)c2ncc(C(=O)NCCc3ccc(F)cc3)cc12. The smallest absolute Gasteiger partial charge is 0.252 e. The van der Waals surface area contributed by atoms with E-state index in [0.717, 1.165) is 22.3 Å². The lowest BCUT2D eigenvalue weighted by Crippen LogP contribution is -2.25. The lowest BCUT2D eigenvalue weighted by Gasteiger charge is -2.06. The summed E-state index contributed by atoms with van der Waals surface area (Å²) in [6, 6.07) is 8.07. The Morgan fingerprint density at radius 1 is 1.30 bits per heavy atom. The van der Waals surface area contributed by atoms with Gasteiger partial charge < -0.3 is 5.32 Å². The molecule has 0 atom stereocenters. The van der Waals surface area contributed by atoms with Crippen molar-refractivity contribution < 1.29 is 9.18 Å². The van der Waals surface area contributed by atoms with Gasteiger partial charge in [-0.3, -0.25) is 9.48 Å². The van der Waals surface area contributed by atoms with Crippen molar-refractivity contribution in [1.82, 2.24) is 20.1 Å². The molecule has 3 aromatic rings. The summed E-state index contributed by atoms with van der Waals surface area (Å²) in [6.45, 7) is 2.37. The molecule has 0 bridgehead atoms. The van der Waals surface area contributed by atoms with E-state index in [9.17, 15) is 9.18 Å². The number of hydrogen-bond donors (Lipinski definition) is 1. The molecule has 0 saturated heterocycles. The number of halogens is 1. The van der Waals surface area contributed by atoms with E-state index in [2.05, 4.69) is 15.4 Å². The first-order chi connectivity index (χ1) is 11.0. The fourth-order valence-corrected chi connectivity index (χ4v) is 2.51. The van der Waals surface area contributed by atoms with Crippen molar-refractivity contribution >= 4 is 16.9 Å². The molecule has 0 spiro atoms. The minimum Gasteiger partial charge on any atom is -0.352 e. The number of nitrogens with zero attached hydrogens (tertiary/aromatic N) is 3. The van der Waals surface area contributed by atoms with Gasteiger partial charge in [-0.05, 0) is 37.1 Å². The molecule has 1 amide bonds. The summed E-state index contributed by atoms with van der Waals surface area (Å²) in [4.78, 5) is 16.5. The minimum atomic E-state index is -0.260. The van der Waals surface area contributed by atoms with Gasteiger partial charge in [0.15, 0.2) is 5.65 Å². The van der Waals surface area contributed by atoms with E-state index < -0.39 is 0 Å². The van der Waals surface area contributed by atoms with Gasteiger partial charge in [0.2, 0.25) is 0 Å². The number of aryl methyl sites for hydroxylation is 2. The largest absolute Gasteiger partial charge is 0.352 e. The molecular weight excluding hydrogens is 295 g/mol. The van der Waals surface area contributed by atoms with Gasteiger partial charge in [0, 0.05) is 25.2 Å². The number of benzene rings is 1. The van der Waals surface area contributed by atoms with E-state index in [1.54, 1.807) is 29.1 Å². The first kappa shape index (κ1) is 15.1. The van der Waals surface area contributed by atoms with Crippen LogP contribution in [0.1, 0.15) is 21.6 Å². The van der Waals surface area contributed by atoms with Gasteiger partial charge in [-0.1, -0.05) is 12.1 Å². The summed E-state index contributed by atoms with van der Waals surface area (Å²) in [5.74, 6) is -0.436. The highest BCUT2D eigenvalue weighted by Crippen LogP contribution is 2.16. The van der Waals surface area contributed by atoms with Gasteiger partial charge in [0.25, 0.3) is 5.91 Å². The first-order valence-corrected chi connectivity index (χ1v) is 7.36. The molecule has 0 radical (unpaired) electrons. The van der Waals surface area contributed by atoms with Crippen molar-refractivity contribution in [2.45, 2.75) is 13.3 Å². The van der Waals surface area contributed by atoms with Crippen LogP contribution < -0.4 is 5.32 Å². The Kier molecular flexibility index (Phi) is 4.06. The summed E-state index contributed by atoms with van der Waals surface area (Å²) in [5.41, 5.74) is 3.08. The molecule has 3 rings (SSSR count). The van der Waals surface area contributed by atoms with Crippen LogP contribution in [0.2, 0.25) is 0 Å². The summed E-state index contributed by atoms with van der Waals surface area (Å²) >= 11 is 0. The fourth-order valence-electron chi connectivity index (χ4n) is 2.51. The fraction of sp³-hybridized carbons (Fsp3) is 0.235. The second-order valence-corrected chi connectivity index (χ2v) is 5.44. The van der Waals surface area contributed by atoms with Crippen molar-refractivity contribution in [3.8, 4) is 0 Å². The number of hydrogen-bond acceptors (Lipinski definition) is 3. The van der Waals surface area contributed by atoms with Crippen LogP contribution in [0.15, 0.2) is 36.5 Å². The van der Waals surface area contributed by atoms with Gasteiger partial charge in [-0.15, -0.1) is 0 Å². The summed E-state index contributed by atoms with van der Waals surface area (Å²) < 4.78 is 14.5. The van der Waals surface area contributed by atoms with Crippen molar-refractivity contribution in [3.63, 3.8) is 0 Å². The molecule has 5 nitrogen and oxygen atoms in total. The zero-order valence-corrected chi connectivity index (χ0v) is 13.0. The Labute approximate surface area is 133 Å². The molecule has 0 aliphatic rings.